The van der Waals surface area contributed by atoms with Gasteiger partial charge in [0.1, 0.15) is 0 Å². The van der Waals surface area contributed by atoms with Crippen LogP contribution in [0.3, 0.4) is 0 Å². The molecule has 0 bridgehead atoms. The molecule has 0 fully saturated rings. The molecule has 3 rings (SSSR count). The maximum atomic E-state index is 4.19. The topological polar surface area (TPSA) is 29.9 Å². The Hall–Kier alpha value is -1.61. The molecule has 1 aromatic heterocycles. The second-order valence-electron chi connectivity index (χ2n) is 4.94. The van der Waals surface area contributed by atoms with E-state index in [1.807, 2.05) is 17.9 Å². The van der Waals surface area contributed by atoms with Crippen molar-refractivity contribution in [2.75, 3.05) is 6.54 Å². The predicted octanol–water partition coefficient (Wildman–Crippen LogP) is 2.24. The number of nitrogens with one attached hydrogen (secondary N) is 1. The van der Waals surface area contributed by atoms with E-state index in [2.05, 4.69) is 40.7 Å². The second-order valence-corrected chi connectivity index (χ2v) is 4.94. The summed E-state index contributed by atoms with van der Waals surface area (Å²) in [6.45, 7) is 1.01. The van der Waals surface area contributed by atoms with Gasteiger partial charge >= 0.3 is 0 Å². The molecule has 3 nitrogen and oxygen atoms in total. The van der Waals surface area contributed by atoms with Gasteiger partial charge in [0.2, 0.25) is 0 Å². The molecule has 1 aliphatic rings. The van der Waals surface area contributed by atoms with Crippen LogP contribution in [0.1, 0.15) is 29.3 Å². The highest BCUT2D eigenvalue weighted by Gasteiger charge is 2.20. The number of fused-ring (bicyclic) bond motifs is 1. The van der Waals surface area contributed by atoms with E-state index < -0.39 is 0 Å². The van der Waals surface area contributed by atoms with Gasteiger partial charge in [-0.2, -0.15) is 5.10 Å². The fourth-order valence-corrected chi connectivity index (χ4v) is 2.79. The van der Waals surface area contributed by atoms with Crippen LogP contribution >= 0.6 is 0 Å². The quantitative estimate of drug-likeness (QED) is 0.889. The number of nitrogens with zero attached hydrogens (tertiary/aromatic N) is 2. The number of hydrogen-bond donors (Lipinski definition) is 1. The molecule has 0 spiro atoms. The van der Waals surface area contributed by atoms with Crippen LogP contribution in [0.5, 0.6) is 0 Å². The van der Waals surface area contributed by atoms with Gasteiger partial charge in [-0.1, -0.05) is 24.3 Å². The van der Waals surface area contributed by atoms with Crippen molar-refractivity contribution in [3.05, 3.63) is 53.3 Å². The first-order valence-electron chi connectivity index (χ1n) is 6.62. The number of hydrogen-bond acceptors (Lipinski definition) is 2. The average Bonchev–Trinajstić information content (AvgIpc) is 2.97. The summed E-state index contributed by atoms with van der Waals surface area (Å²) in [6.07, 6.45) is 5.33. The van der Waals surface area contributed by atoms with Crippen molar-refractivity contribution < 1.29 is 0 Å². The molecule has 0 saturated carbocycles. The van der Waals surface area contributed by atoms with Crippen LogP contribution < -0.4 is 5.32 Å². The summed E-state index contributed by atoms with van der Waals surface area (Å²) in [5.74, 6) is 0. The molecule has 94 valence electrons. The van der Waals surface area contributed by atoms with Crippen molar-refractivity contribution in [2.45, 2.75) is 25.3 Å². The Kier molecular flexibility index (Phi) is 3.15. The molecule has 18 heavy (non-hydrogen) atoms. The van der Waals surface area contributed by atoms with Crippen molar-refractivity contribution in [2.24, 2.45) is 7.05 Å². The zero-order valence-electron chi connectivity index (χ0n) is 10.8. The maximum Gasteiger partial charge on any atom is 0.0492 e. The van der Waals surface area contributed by atoms with E-state index >= 15 is 0 Å². The molecule has 2 aromatic rings. The normalized spacial score (nSPS) is 17.9. The Morgan fingerprint density at radius 3 is 3.06 bits per heavy atom. The molecule has 1 unspecified atom stereocenters. The van der Waals surface area contributed by atoms with Crippen molar-refractivity contribution in [3.8, 4) is 0 Å². The third-order valence-electron chi connectivity index (χ3n) is 3.83. The summed E-state index contributed by atoms with van der Waals surface area (Å²) >= 11 is 0. The van der Waals surface area contributed by atoms with E-state index in [4.69, 9.17) is 0 Å². The molecule has 0 radical (unpaired) electrons. The average molecular weight is 241 g/mol. The first-order valence-corrected chi connectivity index (χ1v) is 6.62. The zero-order valence-corrected chi connectivity index (χ0v) is 10.8. The Morgan fingerprint density at radius 1 is 1.33 bits per heavy atom. The van der Waals surface area contributed by atoms with E-state index in [1.54, 1.807) is 0 Å². The zero-order chi connectivity index (χ0) is 12.4. The number of aryl methyl sites for hydroxylation is 2. The van der Waals surface area contributed by atoms with Crippen molar-refractivity contribution >= 4 is 0 Å². The summed E-state index contributed by atoms with van der Waals surface area (Å²) < 4.78 is 1.95. The molecule has 1 aliphatic carbocycles. The highest BCUT2D eigenvalue weighted by Crippen LogP contribution is 2.30. The van der Waals surface area contributed by atoms with Crippen LogP contribution in [-0.4, -0.2) is 16.3 Å². The van der Waals surface area contributed by atoms with Gasteiger partial charge in [0.05, 0.1) is 0 Å². The minimum atomic E-state index is 0.537. The van der Waals surface area contributed by atoms with Crippen LogP contribution in [-0.2, 0) is 19.9 Å². The third-order valence-corrected chi connectivity index (χ3v) is 3.83. The first-order chi connectivity index (χ1) is 8.84. The molecule has 1 N–H and O–H groups in total. The van der Waals surface area contributed by atoms with E-state index in [0.29, 0.717) is 6.04 Å². The number of aromatic nitrogens is 2. The summed E-state index contributed by atoms with van der Waals surface area (Å²) in [7, 11) is 2.00. The lowest BCUT2D eigenvalue weighted by molar-refractivity contribution is 0.526. The summed E-state index contributed by atoms with van der Waals surface area (Å²) in [4.78, 5) is 0. The monoisotopic (exact) mass is 241 g/mol. The Morgan fingerprint density at radius 2 is 2.22 bits per heavy atom. The first kappa shape index (κ1) is 11.5. The number of benzene rings is 1. The Bertz CT molecular complexity index is 530. The van der Waals surface area contributed by atoms with E-state index in [1.165, 1.54) is 29.7 Å². The lowest BCUT2D eigenvalue weighted by atomic mass is 10.1. The Labute approximate surface area is 108 Å². The molecule has 0 saturated heterocycles. The van der Waals surface area contributed by atoms with E-state index in [-0.39, 0.29) is 0 Å². The lowest BCUT2D eigenvalue weighted by Crippen LogP contribution is -2.22. The van der Waals surface area contributed by atoms with Crippen LogP contribution in [0.4, 0.5) is 0 Å². The predicted molar refractivity (Wildman–Crippen MR) is 72.4 cm³/mol. The molecular weight excluding hydrogens is 222 g/mol. The van der Waals surface area contributed by atoms with Gasteiger partial charge in [0.15, 0.2) is 0 Å². The van der Waals surface area contributed by atoms with Crippen LogP contribution in [0.2, 0.25) is 0 Å². The summed E-state index contributed by atoms with van der Waals surface area (Å²) in [5.41, 5.74) is 4.28. The van der Waals surface area contributed by atoms with Gasteiger partial charge in [0.25, 0.3) is 0 Å². The molecule has 1 aromatic carbocycles. The van der Waals surface area contributed by atoms with Crippen LogP contribution in [0.25, 0.3) is 0 Å². The Balaban J connectivity index is 1.58. The van der Waals surface area contributed by atoms with Gasteiger partial charge in [-0.15, -0.1) is 0 Å². The molecule has 1 atom stereocenters. The fourth-order valence-electron chi connectivity index (χ4n) is 2.79. The van der Waals surface area contributed by atoms with Crippen LogP contribution in [0.15, 0.2) is 36.5 Å². The fraction of sp³-hybridized carbons (Fsp3) is 0.400. The van der Waals surface area contributed by atoms with E-state index in [0.717, 1.165) is 13.0 Å². The largest absolute Gasteiger partial charge is 0.310 e. The third kappa shape index (κ3) is 2.18. The smallest absolute Gasteiger partial charge is 0.0492 e. The standard InChI is InChI=1S/C15H19N3/c1-18-13(9-11-17-18)8-10-16-15-7-6-12-4-2-3-5-14(12)15/h2-5,9,11,15-16H,6-8,10H2,1H3. The van der Waals surface area contributed by atoms with Gasteiger partial charge in [0, 0.05) is 37.9 Å². The molecular formula is C15H19N3. The summed E-state index contributed by atoms with van der Waals surface area (Å²) in [6, 6.07) is 11.4. The minimum absolute atomic E-state index is 0.537. The lowest BCUT2D eigenvalue weighted by Gasteiger charge is -2.13. The summed E-state index contributed by atoms with van der Waals surface area (Å²) in [5, 5.41) is 7.85. The molecule has 3 heteroatoms. The molecule has 0 aliphatic heterocycles. The van der Waals surface area contributed by atoms with Gasteiger partial charge in [-0.3, -0.25) is 4.68 Å². The molecule has 0 amide bonds. The van der Waals surface area contributed by atoms with Gasteiger partial charge in [-0.25, -0.2) is 0 Å². The van der Waals surface area contributed by atoms with Gasteiger partial charge < -0.3 is 5.32 Å². The van der Waals surface area contributed by atoms with Crippen molar-refractivity contribution in [1.82, 2.24) is 15.1 Å². The number of rotatable bonds is 4. The van der Waals surface area contributed by atoms with Crippen molar-refractivity contribution in [1.29, 1.82) is 0 Å². The van der Waals surface area contributed by atoms with Crippen LogP contribution in [0, 0.1) is 0 Å². The maximum absolute atomic E-state index is 4.19. The van der Waals surface area contributed by atoms with Gasteiger partial charge in [-0.05, 0) is 30.0 Å². The minimum Gasteiger partial charge on any atom is -0.310 e. The van der Waals surface area contributed by atoms with E-state index in [9.17, 15) is 0 Å². The highest BCUT2D eigenvalue weighted by molar-refractivity contribution is 5.34. The highest BCUT2D eigenvalue weighted by atomic mass is 15.3. The van der Waals surface area contributed by atoms with Crippen molar-refractivity contribution in [3.63, 3.8) is 0 Å². The SMILES string of the molecule is Cn1nccc1CCNC1CCc2ccccc21. The second kappa shape index (κ2) is 4.94. The molecule has 1 heterocycles.